The summed E-state index contributed by atoms with van der Waals surface area (Å²) in [7, 11) is 1.74. The van der Waals surface area contributed by atoms with Crippen LogP contribution in [0.3, 0.4) is 0 Å². The van der Waals surface area contributed by atoms with Crippen molar-refractivity contribution in [3.8, 4) is 0 Å². The van der Waals surface area contributed by atoms with Crippen molar-refractivity contribution >= 4 is 11.6 Å². The smallest absolute Gasteiger partial charge is 0.0585 e. The lowest BCUT2D eigenvalue weighted by molar-refractivity contribution is 0.202. The van der Waals surface area contributed by atoms with Gasteiger partial charge in [0.25, 0.3) is 0 Å². The summed E-state index contributed by atoms with van der Waals surface area (Å²) in [5.41, 5.74) is 2.57. The first-order valence-electron chi connectivity index (χ1n) is 7.99. The first kappa shape index (κ1) is 17.5. The number of methoxy groups -OCH3 is 1. The molecule has 0 bridgehead atoms. The zero-order valence-electron chi connectivity index (χ0n) is 13.0. The highest BCUT2D eigenvalue weighted by molar-refractivity contribution is 6.20. The van der Waals surface area contributed by atoms with Crippen LogP contribution in [-0.2, 0) is 11.2 Å². The van der Waals surface area contributed by atoms with E-state index >= 15 is 0 Å². The zero-order chi connectivity index (χ0) is 14.6. The Kier molecular flexibility index (Phi) is 9.78. The molecule has 1 aromatic rings. The number of rotatable bonds is 11. The van der Waals surface area contributed by atoms with Crippen LogP contribution in [-0.4, -0.2) is 13.7 Å². The van der Waals surface area contributed by atoms with Gasteiger partial charge >= 0.3 is 0 Å². The molecule has 0 aliphatic rings. The van der Waals surface area contributed by atoms with Crippen molar-refractivity contribution in [3.63, 3.8) is 0 Å². The standard InChI is InChI=1S/C18H29ClO/c1-3-4-5-6-7-8-9-18(19)17-12-10-16(11-13-17)14-15-20-2/h10-13,18H,3-9,14-15H2,1-2H3. The number of ether oxygens (including phenoxy) is 1. The van der Waals surface area contributed by atoms with Gasteiger partial charge in [0.2, 0.25) is 0 Å². The highest BCUT2D eigenvalue weighted by Crippen LogP contribution is 2.27. The maximum absolute atomic E-state index is 6.48. The fourth-order valence-corrected chi connectivity index (χ4v) is 2.68. The average Bonchev–Trinajstić information content (AvgIpc) is 2.49. The molecule has 2 heteroatoms. The highest BCUT2D eigenvalue weighted by Gasteiger charge is 2.07. The molecule has 0 amide bonds. The SMILES string of the molecule is CCCCCCCCC(Cl)c1ccc(CCOC)cc1. The third-order valence-corrected chi connectivity index (χ3v) is 4.22. The lowest BCUT2D eigenvalue weighted by Crippen LogP contribution is -1.96. The van der Waals surface area contributed by atoms with Gasteiger partial charge in [0.1, 0.15) is 0 Å². The van der Waals surface area contributed by atoms with Crippen molar-refractivity contribution < 1.29 is 4.74 Å². The normalized spacial score (nSPS) is 12.6. The number of unbranched alkanes of at least 4 members (excludes halogenated alkanes) is 5. The second-order valence-electron chi connectivity index (χ2n) is 5.51. The maximum Gasteiger partial charge on any atom is 0.0585 e. The Morgan fingerprint density at radius 3 is 2.30 bits per heavy atom. The quantitative estimate of drug-likeness (QED) is 0.364. The summed E-state index contributed by atoms with van der Waals surface area (Å²) < 4.78 is 5.09. The van der Waals surface area contributed by atoms with Crippen molar-refractivity contribution in [1.29, 1.82) is 0 Å². The summed E-state index contributed by atoms with van der Waals surface area (Å²) in [4.78, 5) is 0. The molecule has 0 spiro atoms. The molecule has 0 aliphatic carbocycles. The van der Waals surface area contributed by atoms with E-state index in [0.29, 0.717) is 0 Å². The van der Waals surface area contributed by atoms with E-state index in [1.807, 2.05) is 0 Å². The fraction of sp³-hybridized carbons (Fsp3) is 0.667. The number of hydrogen-bond donors (Lipinski definition) is 0. The van der Waals surface area contributed by atoms with Crippen LogP contribution >= 0.6 is 11.6 Å². The fourth-order valence-electron chi connectivity index (χ4n) is 2.38. The first-order valence-corrected chi connectivity index (χ1v) is 8.43. The van der Waals surface area contributed by atoms with E-state index < -0.39 is 0 Å². The summed E-state index contributed by atoms with van der Waals surface area (Å²) >= 11 is 6.48. The van der Waals surface area contributed by atoms with Gasteiger partial charge in [-0.25, -0.2) is 0 Å². The molecule has 0 fully saturated rings. The van der Waals surface area contributed by atoms with Crippen LogP contribution in [0, 0.1) is 0 Å². The number of halogens is 1. The molecule has 0 aliphatic heterocycles. The molecule has 1 aromatic carbocycles. The van der Waals surface area contributed by atoms with Gasteiger partial charge in [-0.3, -0.25) is 0 Å². The van der Waals surface area contributed by atoms with Crippen LogP contribution in [0.15, 0.2) is 24.3 Å². The second-order valence-corrected chi connectivity index (χ2v) is 6.04. The molecule has 1 unspecified atom stereocenters. The minimum absolute atomic E-state index is 0.164. The van der Waals surface area contributed by atoms with Gasteiger partial charge in [0.05, 0.1) is 12.0 Å². The van der Waals surface area contributed by atoms with E-state index in [4.69, 9.17) is 16.3 Å². The van der Waals surface area contributed by atoms with Crippen molar-refractivity contribution in [1.82, 2.24) is 0 Å². The van der Waals surface area contributed by atoms with Crippen molar-refractivity contribution in [2.24, 2.45) is 0 Å². The van der Waals surface area contributed by atoms with Crippen LogP contribution in [0.25, 0.3) is 0 Å². The van der Waals surface area contributed by atoms with Crippen LogP contribution in [0.1, 0.15) is 68.4 Å². The summed E-state index contributed by atoms with van der Waals surface area (Å²) in [6, 6.07) is 8.68. The van der Waals surface area contributed by atoms with Crippen molar-refractivity contribution in [2.45, 2.75) is 63.7 Å². The molecule has 0 saturated carbocycles. The van der Waals surface area contributed by atoms with Gasteiger partial charge < -0.3 is 4.74 Å². The van der Waals surface area contributed by atoms with Gasteiger partial charge in [-0.2, -0.15) is 0 Å². The van der Waals surface area contributed by atoms with Crippen LogP contribution in [0.4, 0.5) is 0 Å². The van der Waals surface area contributed by atoms with Gasteiger partial charge in [0.15, 0.2) is 0 Å². The third-order valence-electron chi connectivity index (χ3n) is 3.75. The van der Waals surface area contributed by atoms with Crippen LogP contribution < -0.4 is 0 Å². The summed E-state index contributed by atoms with van der Waals surface area (Å²) in [6.45, 7) is 3.03. The minimum Gasteiger partial charge on any atom is -0.384 e. The van der Waals surface area contributed by atoms with E-state index in [1.54, 1.807) is 7.11 Å². The number of hydrogen-bond acceptors (Lipinski definition) is 1. The van der Waals surface area contributed by atoms with E-state index in [9.17, 15) is 0 Å². The first-order chi connectivity index (χ1) is 9.77. The lowest BCUT2D eigenvalue weighted by atomic mass is 10.0. The Labute approximate surface area is 129 Å². The molecule has 0 radical (unpaired) electrons. The molecule has 1 rings (SSSR count). The molecule has 0 saturated heterocycles. The predicted octanol–water partition coefficient (Wildman–Crippen LogP) is 5.91. The van der Waals surface area contributed by atoms with E-state index in [0.717, 1.165) is 19.4 Å². The maximum atomic E-state index is 6.48. The van der Waals surface area contributed by atoms with Gasteiger partial charge in [-0.05, 0) is 24.0 Å². The minimum atomic E-state index is 0.164. The van der Waals surface area contributed by atoms with E-state index in [1.165, 1.54) is 49.7 Å². The summed E-state index contributed by atoms with van der Waals surface area (Å²) in [5.74, 6) is 0. The molecule has 1 atom stereocenters. The molecular formula is C18H29ClO. The number of alkyl halides is 1. The van der Waals surface area contributed by atoms with Crippen LogP contribution in [0.5, 0.6) is 0 Å². The molecule has 0 aromatic heterocycles. The summed E-state index contributed by atoms with van der Waals surface area (Å²) in [5, 5.41) is 0.164. The zero-order valence-corrected chi connectivity index (χ0v) is 13.8. The van der Waals surface area contributed by atoms with E-state index in [2.05, 4.69) is 31.2 Å². The Morgan fingerprint density at radius 1 is 1.00 bits per heavy atom. The molecule has 0 N–H and O–H groups in total. The van der Waals surface area contributed by atoms with Gasteiger partial charge in [-0.15, -0.1) is 11.6 Å². The Morgan fingerprint density at radius 2 is 1.65 bits per heavy atom. The average molecular weight is 297 g/mol. The highest BCUT2D eigenvalue weighted by atomic mass is 35.5. The predicted molar refractivity (Wildman–Crippen MR) is 88.6 cm³/mol. The molecular weight excluding hydrogens is 268 g/mol. The van der Waals surface area contributed by atoms with E-state index in [-0.39, 0.29) is 5.38 Å². The molecule has 0 heterocycles. The second kappa shape index (κ2) is 11.2. The molecule has 114 valence electrons. The van der Waals surface area contributed by atoms with Crippen molar-refractivity contribution in [2.75, 3.05) is 13.7 Å². The largest absolute Gasteiger partial charge is 0.384 e. The monoisotopic (exact) mass is 296 g/mol. The van der Waals surface area contributed by atoms with Crippen LogP contribution in [0.2, 0.25) is 0 Å². The Hall–Kier alpha value is -0.530. The Bertz CT molecular complexity index is 334. The topological polar surface area (TPSA) is 9.23 Å². The lowest BCUT2D eigenvalue weighted by Gasteiger charge is -2.10. The molecule has 1 nitrogen and oxygen atoms in total. The molecule has 20 heavy (non-hydrogen) atoms. The van der Waals surface area contributed by atoms with Crippen molar-refractivity contribution in [3.05, 3.63) is 35.4 Å². The third kappa shape index (κ3) is 7.31. The van der Waals surface area contributed by atoms with Gasteiger partial charge in [0, 0.05) is 7.11 Å². The Balaban J connectivity index is 2.23. The summed E-state index contributed by atoms with van der Waals surface area (Å²) in [6.07, 6.45) is 10.0. The number of benzene rings is 1. The van der Waals surface area contributed by atoms with Gasteiger partial charge in [-0.1, -0.05) is 69.7 Å².